The number of aromatic nitrogens is 1. The average Bonchev–Trinajstić information content (AvgIpc) is 2.91. The molecule has 0 aliphatic carbocycles. The molecule has 5 nitrogen and oxygen atoms in total. The molecule has 0 saturated carbocycles. The fraction of sp³-hybridized carbons (Fsp3) is 0.812. The standard InChI is InChI=1S/C16H29N3O2SSi/c1-16(2,3)23(4,5)21-13-11-19(12-13)14-10-17-15(22-14)18-6-8-20-9-7-18/h10,13H,6-9,11-12H2,1-5H3. The van der Waals surface area contributed by atoms with E-state index >= 15 is 0 Å². The summed E-state index contributed by atoms with van der Waals surface area (Å²) in [5.41, 5.74) is 0. The van der Waals surface area contributed by atoms with Crippen molar-refractivity contribution in [2.45, 2.75) is 45.0 Å². The number of nitrogens with zero attached hydrogens (tertiary/aromatic N) is 3. The van der Waals surface area contributed by atoms with Crippen LogP contribution >= 0.6 is 11.3 Å². The molecule has 0 atom stereocenters. The first-order valence-corrected chi connectivity index (χ1v) is 12.2. The Morgan fingerprint density at radius 1 is 1.22 bits per heavy atom. The summed E-state index contributed by atoms with van der Waals surface area (Å²) in [6.45, 7) is 17.1. The number of hydrogen-bond acceptors (Lipinski definition) is 6. The fourth-order valence-corrected chi connectivity index (χ4v) is 4.91. The minimum atomic E-state index is -1.65. The zero-order valence-electron chi connectivity index (χ0n) is 15.0. The highest BCUT2D eigenvalue weighted by Gasteiger charge is 2.42. The Bertz CT molecular complexity index is 532. The van der Waals surface area contributed by atoms with Crippen LogP contribution in [0.5, 0.6) is 0 Å². The molecule has 0 amide bonds. The van der Waals surface area contributed by atoms with E-state index in [1.807, 2.05) is 6.20 Å². The molecule has 7 heteroatoms. The summed E-state index contributed by atoms with van der Waals surface area (Å²) in [5, 5.41) is 2.67. The monoisotopic (exact) mass is 355 g/mol. The van der Waals surface area contributed by atoms with Gasteiger partial charge in [0.2, 0.25) is 0 Å². The molecule has 3 heterocycles. The molecular formula is C16H29N3O2SSi. The van der Waals surface area contributed by atoms with E-state index in [1.165, 1.54) is 5.00 Å². The minimum Gasteiger partial charge on any atom is -0.410 e. The Hall–Kier alpha value is -0.633. The molecule has 3 rings (SSSR count). The van der Waals surface area contributed by atoms with Crippen LogP contribution in [-0.2, 0) is 9.16 Å². The smallest absolute Gasteiger partial charge is 0.192 e. The third-order valence-electron chi connectivity index (χ3n) is 5.19. The zero-order chi connectivity index (χ0) is 16.7. The van der Waals surface area contributed by atoms with E-state index in [1.54, 1.807) is 11.3 Å². The summed E-state index contributed by atoms with van der Waals surface area (Å²) >= 11 is 1.79. The molecule has 0 spiro atoms. The van der Waals surface area contributed by atoms with Gasteiger partial charge < -0.3 is 19.0 Å². The molecule has 130 valence electrons. The summed E-state index contributed by atoms with van der Waals surface area (Å²) < 4.78 is 11.9. The lowest BCUT2D eigenvalue weighted by atomic mass is 10.2. The van der Waals surface area contributed by atoms with Crippen molar-refractivity contribution >= 4 is 29.8 Å². The van der Waals surface area contributed by atoms with Gasteiger partial charge in [0.15, 0.2) is 13.4 Å². The molecule has 0 radical (unpaired) electrons. The van der Waals surface area contributed by atoms with E-state index in [4.69, 9.17) is 9.16 Å². The number of anilines is 2. The lowest BCUT2D eigenvalue weighted by Crippen LogP contribution is -2.57. The van der Waals surface area contributed by atoms with Crippen LogP contribution in [0.3, 0.4) is 0 Å². The molecular weight excluding hydrogens is 326 g/mol. The van der Waals surface area contributed by atoms with Crippen molar-refractivity contribution < 1.29 is 9.16 Å². The topological polar surface area (TPSA) is 37.8 Å². The number of morpholine rings is 1. The predicted molar refractivity (Wildman–Crippen MR) is 99.4 cm³/mol. The van der Waals surface area contributed by atoms with E-state index in [2.05, 4.69) is 48.6 Å². The molecule has 0 aromatic carbocycles. The summed E-state index contributed by atoms with van der Waals surface area (Å²) in [7, 11) is -1.65. The van der Waals surface area contributed by atoms with E-state index in [0.717, 1.165) is 44.5 Å². The van der Waals surface area contributed by atoms with Crippen LogP contribution in [-0.4, -0.2) is 58.8 Å². The van der Waals surface area contributed by atoms with Crippen molar-refractivity contribution in [3.05, 3.63) is 6.20 Å². The Balaban J connectivity index is 1.53. The SMILES string of the molecule is CC(C)(C)[Si](C)(C)OC1CN(c2cnc(N3CCOCC3)s2)C1. The van der Waals surface area contributed by atoms with Crippen LogP contribution in [0, 0.1) is 0 Å². The van der Waals surface area contributed by atoms with E-state index < -0.39 is 8.32 Å². The van der Waals surface area contributed by atoms with Gasteiger partial charge in [0, 0.05) is 26.2 Å². The second-order valence-corrected chi connectivity index (χ2v) is 13.7. The lowest BCUT2D eigenvalue weighted by Gasteiger charge is -2.46. The second-order valence-electron chi connectivity index (χ2n) is 7.99. The number of hydrogen-bond donors (Lipinski definition) is 0. The highest BCUT2D eigenvalue weighted by Crippen LogP contribution is 2.39. The number of thiazole rings is 1. The molecule has 1 aromatic heterocycles. The molecule has 1 aromatic rings. The summed E-state index contributed by atoms with van der Waals surface area (Å²) in [6.07, 6.45) is 2.39. The first-order valence-electron chi connectivity index (χ1n) is 8.47. The maximum atomic E-state index is 6.47. The van der Waals surface area contributed by atoms with Gasteiger partial charge in [-0.05, 0) is 18.1 Å². The van der Waals surface area contributed by atoms with Crippen molar-refractivity contribution in [2.75, 3.05) is 49.2 Å². The van der Waals surface area contributed by atoms with Crippen molar-refractivity contribution in [3.63, 3.8) is 0 Å². The number of ether oxygens (including phenoxy) is 1. The van der Waals surface area contributed by atoms with Crippen molar-refractivity contribution in [1.82, 2.24) is 4.98 Å². The van der Waals surface area contributed by atoms with Crippen LogP contribution in [0.15, 0.2) is 6.20 Å². The molecule has 0 bridgehead atoms. The summed E-state index contributed by atoms with van der Waals surface area (Å²) in [6, 6.07) is 0. The maximum Gasteiger partial charge on any atom is 0.192 e. The molecule has 2 fully saturated rings. The van der Waals surface area contributed by atoms with E-state index in [0.29, 0.717) is 6.10 Å². The van der Waals surface area contributed by atoms with Gasteiger partial charge in [-0.3, -0.25) is 0 Å². The van der Waals surface area contributed by atoms with E-state index in [-0.39, 0.29) is 5.04 Å². The van der Waals surface area contributed by atoms with Gasteiger partial charge in [-0.1, -0.05) is 32.1 Å². The summed E-state index contributed by atoms with van der Waals surface area (Å²) in [5.74, 6) is 0. The van der Waals surface area contributed by atoms with Gasteiger partial charge in [-0.2, -0.15) is 0 Å². The molecule has 23 heavy (non-hydrogen) atoms. The molecule has 2 aliphatic heterocycles. The van der Waals surface area contributed by atoms with Crippen LogP contribution in [0.25, 0.3) is 0 Å². The molecule has 2 aliphatic rings. The summed E-state index contributed by atoms with van der Waals surface area (Å²) in [4.78, 5) is 9.31. The highest BCUT2D eigenvalue weighted by atomic mass is 32.1. The van der Waals surface area contributed by atoms with Gasteiger partial charge in [-0.25, -0.2) is 4.98 Å². The normalized spacial score (nSPS) is 20.7. The predicted octanol–water partition coefficient (Wildman–Crippen LogP) is 3.19. The first kappa shape index (κ1) is 17.2. The van der Waals surface area contributed by atoms with Crippen LogP contribution in [0.2, 0.25) is 18.1 Å². The van der Waals surface area contributed by atoms with Gasteiger partial charge >= 0.3 is 0 Å². The maximum absolute atomic E-state index is 6.47. The molecule has 2 saturated heterocycles. The third kappa shape index (κ3) is 3.73. The van der Waals surface area contributed by atoms with Gasteiger partial charge in [0.05, 0.1) is 25.5 Å². The first-order chi connectivity index (χ1) is 10.8. The largest absolute Gasteiger partial charge is 0.410 e. The average molecular weight is 356 g/mol. The lowest BCUT2D eigenvalue weighted by molar-refractivity contribution is 0.122. The second kappa shape index (κ2) is 6.35. The molecule has 0 unspecified atom stereocenters. The van der Waals surface area contributed by atoms with Crippen LogP contribution < -0.4 is 9.80 Å². The van der Waals surface area contributed by atoms with E-state index in [9.17, 15) is 0 Å². The Morgan fingerprint density at radius 2 is 1.87 bits per heavy atom. The van der Waals surface area contributed by atoms with Crippen molar-refractivity contribution in [3.8, 4) is 0 Å². The zero-order valence-corrected chi connectivity index (χ0v) is 16.8. The Morgan fingerprint density at radius 3 is 2.48 bits per heavy atom. The van der Waals surface area contributed by atoms with Gasteiger partial charge in [0.1, 0.15) is 5.00 Å². The van der Waals surface area contributed by atoms with Crippen molar-refractivity contribution in [1.29, 1.82) is 0 Å². The number of rotatable bonds is 4. The quantitative estimate of drug-likeness (QED) is 0.776. The van der Waals surface area contributed by atoms with Crippen LogP contribution in [0.1, 0.15) is 20.8 Å². The Labute approximate surface area is 144 Å². The fourth-order valence-electron chi connectivity index (χ4n) is 2.59. The third-order valence-corrected chi connectivity index (χ3v) is 10.8. The highest BCUT2D eigenvalue weighted by molar-refractivity contribution is 7.19. The molecule has 0 N–H and O–H groups in total. The minimum absolute atomic E-state index is 0.279. The van der Waals surface area contributed by atoms with Crippen molar-refractivity contribution in [2.24, 2.45) is 0 Å². The van der Waals surface area contributed by atoms with Crippen LogP contribution in [0.4, 0.5) is 10.1 Å². The van der Waals surface area contributed by atoms with Gasteiger partial charge in [0.25, 0.3) is 0 Å². The Kier molecular flexibility index (Phi) is 4.75. The van der Waals surface area contributed by atoms with Gasteiger partial charge in [-0.15, -0.1) is 0 Å².